The maximum absolute atomic E-state index is 13.2. The molecule has 3 heterocycles. The maximum atomic E-state index is 13.2. The molecule has 0 amide bonds. The van der Waals surface area contributed by atoms with Crippen LogP contribution < -0.4 is 9.47 Å². The summed E-state index contributed by atoms with van der Waals surface area (Å²) in [6.45, 7) is 2.00. The molecule has 0 aliphatic carbocycles. The lowest BCUT2D eigenvalue weighted by molar-refractivity contribution is -0.185. The van der Waals surface area contributed by atoms with Crippen LogP contribution in [0.15, 0.2) is 41.2 Å². The highest BCUT2D eigenvalue weighted by Gasteiger charge is 2.51. The largest absolute Gasteiger partial charge is 0.493 e. The van der Waals surface area contributed by atoms with Crippen molar-refractivity contribution >= 4 is 39.4 Å². The van der Waals surface area contributed by atoms with Crippen molar-refractivity contribution in [3.8, 4) is 22.8 Å². The zero-order valence-electron chi connectivity index (χ0n) is 20.3. The summed E-state index contributed by atoms with van der Waals surface area (Å²) in [5.41, 5.74) is 1.02. The zero-order valence-corrected chi connectivity index (χ0v) is 22.5. The number of alkyl halides is 3. The van der Waals surface area contributed by atoms with E-state index in [1.807, 2.05) is 6.07 Å². The van der Waals surface area contributed by atoms with Crippen LogP contribution in [0, 0.1) is 3.57 Å². The fraction of sp³-hybridized carbons (Fsp3) is 0.320. The number of benzene rings is 1. The summed E-state index contributed by atoms with van der Waals surface area (Å²) in [5.74, 6) is 0.485. The Bertz CT molecular complexity index is 1470. The van der Waals surface area contributed by atoms with Gasteiger partial charge in [-0.15, -0.1) is 0 Å². The second-order valence-corrected chi connectivity index (χ2v) is 9.96. The van der Waals surface area contributed by atoms with E-state index >= 15 is 0 Å². The molecule has 0 spiro atoms. The lowest BCUT2D eigenvalue weighted by Gasteiger charge is -2.24. The monoisotopic (exact) mass is 626 g/mol. The Morgan fingerprint density at radius 2 is 1.65 bits per heavy atom. The van der Waals surface area contributed by atoms with Crippen LogP contribution in [0.25, 0.3) is 22.3 Å². The number of nitrogens with zero attached hydrogens (tertiary/aromatic N) is 4. The van der Waals surface area contributed by atoms with Crippen LogP contribution in [0.4, 0.5) is 13.2 Å². The lowest BCUT2D eigenvalue weighted by atomic mass is 9.89. The van der Waals surface area contributed by atoms with E-state index in [1.165, 1.54) is 13.2 Å². The molecule has 0 aliphatic heterocycles. The maximum Gasteiger partial charge on any atom is 0.401 e. The summed E-state index contributed by atoms with van der Waals surface area (Å²) in [7, 11) is 3.08. The molecule has 0 aliphatic rings. The van der Waals surface area contributed by atoms with Crippen molar-refractivity contribution in [3.05, 3.63) is 57.4 Å². The van der Waals surface area contributed by atoms with Crippen LogP contribution >= 0.6 is 22.6 Å². The molecule has 37 heavy (non-hydrogen) atoms. The Morgan fingerprint density at radius 3 is 2.27 bits per heavy atom. The molecule has 0 radical (unpaired) electrons. The predicted molar refractivity (Wildman–Crippen MR) is 137 cm³/mol. The lowest BCUT2D eigenvalue weighted by Crippen LogP contribution is -2.35. The number of ether oxygens (including phenoxy) is 2. The molecule has 0 bridgehead atoms. The molecular weight excluding hydrogens is 604 g/mol. The summed E-state index contributed by atoms with van der Waals surface area (Å²) in [6.07, 6.45) is -1.47. The van der Waals surface area contributed by atoms with Crippen molar-refractivity contribution in [1.29, 1.82) is 0 Å². The van der Waals surface area contributed by atoms with E-state index in [4.69, 9.17) is 14.0 Å². The van der Waals surface area contributed by atoms with Crippen LogP contribution in [0.2, 0.25) is 0 Å². The second-order valence-electron chi connectivity index (χ2n) is 8.80. The van der Waals surface area contributed by atoms with E-state index in [1.54, 1.807) is 31.6 Å². The topological polar surface area (TPSA) is 100 Å². The first-order valence-corrected chi connectivity index (χ1v) is 12.1. The summed E-state index contributed by atoms with van der Waals surface area (Å²) in [6, 6.07) is 6.49. The predicted octanol–water partition coefficient (Wildman–Crippen LogP) is 5.50. The number of carbonyl (C=O) groups is 1. The number of rotatable bonds is 8. The number of aromatic nitrogens is 4. The van der Waals surface area contributed by atoms with Crippen LogP contribution in [0.5, 0.6) is 11.5 Å². The van der Waals surface area contributed by atoms with Crippen LogP contribution in [-0.4, -0.2) is 46.3 Å². The molecule has 0 N–H and O–H groups in total. The smallest absolute Gasteiger partial charge is 0.401 e. The number of fused-ring (bicyclic) bond motifs is 1. The van der Waals surface area contributed by atoms with Gasteiger partial charge in [-0.1, -0.05) is 5.16 Å². The van der Waals surface area contributed by atoms with Gasteiger partial charge in [0, 0.05) is 33.5 Å². The van der Waals surface area contributed by atoms with Gasteiger partial charge in [-0.3, -0.25) is 14.8 Å². The van der Waals surface area contributed by atoms with E-state index in [0.29, 0.717) is 39.5 Å². The number of Topliss-reactive ketones (excluding diaryl/α,β-unsaturated/α-hetero) is 1. The third-order valence-corrected chi connectivity index (χ3v) is 6.82. The highest BCUT2D eigenvalue weighted by molar-refractivity contribution is 14.1. The Hall–Kier alpha value is -3.29. The Balaban J connectivity index is 1.49. The molecule has 3 aromatic heterocycles. The third kappa shape index (κ3) is 5.53. The van der Waals surface area contributed by atoms with Crippen LogP contribution in [0.1, 0.15) is 31.0 Å². The van der Waals surface area contributed by atoms with Gasteiger partial charge in [0.05, 0.1) is 61.4 Å². The molecule has 0 saturated heterocycles. The zero-order chi connectivity index (χ0) is 27.0. The van der Waals surface area contributed by atoms with Gasteiger partial charge in [-0.2, -0.15) is 13.2 Å². The molecule has 0 saturated carbocycles. The first-order valence-electron chi connectivity index (χ1n) is 11.0. The van der Waals surface area contributed by atoms with Crippen molar-refractivity contribution in [3.63, 3.8) is 0 Å². The highest BCUT2D eigenvalue weighted by atomic mass is 127. The second kappa shape index (κ2) is 10.2. The summed E-state index contributed by atoms with van der Waals surface area (Å²) >= 11 is 2.08. The number of halogens is 4. The number of hydrogen-bond donors (Lipinski definition) is 0. The third-order valence-electron chi connectivity index (χ3n) is 5.89. The van der Waals surface area contributed by atoms with Crippen LogP contribution in [-0.2, 0) is 23.1 Å². The van der Waals surface area contributed by atoms with Crippen molar-refractivity contribution in [2.45, 2.75) is 38.3 Å². The quantitative estimate of drug-likeness (QED) is 0.237. The van der Waals surface area contributed by atoms with Crippen molar-refractivity contribution in [2.24, 2.45) is 0 Å². The molecule has 4 aromatic rings. The van der Waals surface area contributed by atoms with E-state index < -0.39 is 11.6 Å². The van der Waals surface area contributed by atoms with Gasteiger partial charge < -0.3 is 14.0 Å². The molecule has 0 unspecified atom stereocenters. The fourth-order valence-electron chi connectivity index (χ4n) is 3.50. The molecule has 12 heteroatoms. The number of carbonyl (C=O) groups excluding carboxylic acids is 1. The molecule has 4 rings (SSSR count). The molecule has 0 atom stereocenters. The average Bonchev–Trinajstić information content (AvgIpc) is 3.32. The van der Waals surface area contributed by atoms with Crippen molar-refractivity contribution in [1.82, 2.24) is 20.1 Å². The van der Waals surface area contributed by atoms with Gasteiger partial charge in [0.15, 0.2) is 17.3 Å². The first kappa shape index (κ1) is 26.8. The van der Waals surface area contributed by atoms with Crippen LogP contribution in [0.3, 0.4) is 0 Å². The van der Waals surface area contributed by atoms with E-state index in [9.17, 15) is 18.0 Å². The molecule has 194 valence electrons. The Morgan fingerprint density at radius 1 is 0.973 bits per heavy atom. The van der Waals surface area contributed by atoms with Gasteiger partial charge in [-0.25, -0.2) is 4.98 Å². The van der Waals surface area contributed by atoms with Gasteiger partial charge in [0.25, 0.3) is 0 Å². The van der Waals surface area contributed by atoms with Crippen molar-refractivity contribution < 1.29 is 32.0 Å². The number of methoxy groups -OCH3 is 2. The van der Waals surface area contributed by atoms with E-state index in [-0.39, 0.29) is 30.1 Å². The minimum absolute atomic E-state index is 0.0101. The Labute approximate surface area is 223 Å². The minimum atomic E-state index is -4.51. The van der Waals surface area contributed by atoms with Gasteiger partial charge in [-0.05, 0) is 42.5 Å². The molecule has 8 nitrogen and oxygen atoms in total. The standard InChI is InChI=1S/C25H22F3IN4O4/c1-24(2,25(26,27)28)23-7-14(33-37-23)6-15(34)8-17-16(29)5-13(11-30-17)20-12-31-18-9-21(35-3)22(36-4)10-19(18)32-20/h5,7,9-12H,6,8H2,1-4H3. The first-order chi connectivity index (χ1) is 17.4. The normalized spacial score (nSPS) is 12.1. The van der Waals surface area contributed by atoms with E-state index in [2.05, 4.69) is 42.7 Å². The highest BCUT2D eigenvalue weighted by Crippen LogP contribution is 2.40. The summed E-state index contributed by atoms with van der Waals surface area (Å²) in [5, 5.41) is 3.65. The fourth-order valence-corrected chi connectivity index (χ4v) is 4.16. The average molecular weight is 626 g/mol. The number of pyridine rings is 1. The summed E-state index contributed by atoms with van der Waals surface area (Å²) in [4.78, 5) is 26.1. The molecular formula is C25H22F3IN4O4. The molecule has 1 aromatic carbocycles. The summed E-state index contributed by atoms with van der Waals surface area (Å²) < 4.78 is 56.0. The van der Waals surface area contributed by atoms with Crippen molar-refractivity contribution in [2.75, 3.05) is 14.2 Å². The SMILES string of the molecule is COc1cc2ncc(-c3cnc(CC(=O)Cc4cc(C(C)(C)C(F)(F)F)on4)c(I)c3)nc2cc1OC. The molecule has 0 fully saturated rings. The van der Waals surface area contributed by atoms with Gasteiger partial charge >= 0.3 is 6.18 Å². The minimum Gasteiger partial charge on any atom is -0.493 e. The van der Waals surface area contributed by atoms with Gasteiger partial charge in [0.1, 0.15) is 11.2 Å². The van der Waals surface area contributed by atoms with E-state index in [0.717, 1.165) is 17.4 Å². The van der Waals surface area contributed by atoms with Gasteiger partial charge in [0.2, 0.25) is 0 Å². The number of ketones is 1. The number of hydrogen-bond acceptors (Lipinski definition) is 8. The Kier molecular flexibility index (Phi) is 7.40.